The minimum absolute atomic E-state index is 0.0286. The number of rotatable bonds is 6. The summed E-state index contributed by atoms with van der Waals surface area (Å²) < 4.78 is 0. The molecule has 0 fully saturated rings. The van der Waals surface area contributed by atoms with Gasteiger partial charge >= 0.3 is 5.97 Å². The summed E-state index contributed by atoms with van der Waals surface area (Å²) >= 11 is 0. The van der Waals surface area contributed by atoms with Gasteiger partial charge in [0.15, 0.2) is 0 Å². The number of carboxylic acid groups (broad SMARTS) is 1. The number of hydrogen-bond donors (Lipinski definition) is 3. The molecule has 0 aromatic rings. The summed E-state index contributed by atoms with van der Waals surface area (Å²) in [4.78, 5) is 22.5. The van der Waals surface area contributed by atoms with Crippen molar-refractivity contribution in [1.29, 1.82) is 0 Å². The molecule has 1 aliphatic carbocycles. The molecule has 0 spiro atoms. The first-order valence-electron chi connectivity index (χ1n) is 5.96. The zero-order valence-corrected chi connectivity index (χ0v) is 10.1. The molecule has 3 atom stereocenters. The lowest BCUT2D eigenvalue weighted by atomic mass is 10.0. The van der Waals surface area contributed by atoms with Crippen molar-refractivity contribution < 1.29 is 14.7 Å². The Morgan fingerprint density at radius 1 is 1.53 bits per heavy atom. The molecule has 0 heterocycles. The fraction of sp³-hybridized carbons (Fsp3) is 0.667. The zero-order chi connectivity index (χ0) is 12.8. The first kappa shape index (κ1) is 13.7. The van der Waals surface area contributed by atoms with Crippen LogP contribution in [-0.4, -0.2) is 29.6 Å². The van der Waals surface area contributed by atoms with Gasteiger partial charge in [-0.2, -0.15) is 0 Å². The van der Waals surface area contributed by atoms with Gasteiger partial charge in [-0.15, -0.1) is 0 Å². The van der Waals surface area contributed by atoms with Crippen LogP contribution in [0.2, 0.25) is 0 Å². The number of nitrogens with one attached hydrogen (secondary N) is 1. The van der Waals surface area contributed by atoms with Crippen LogP contribution < -0.4 is 11.1 Å². The van der Waals surface area contributed by atoms with Crippen LogP contribution in [0.25, 0.3) is 0 Å². The molecule has 0 saturated carbocycles. The molecule has 1 amide bonds. The van der Waals surface area contributed by atoms with Gasteiger partial charge in [0.25, 0.3) is 0 Å². The Labute approximate surface area is 101 Å². The summed E-state index contributed by atoms with van der Waals surface area (Å²) in [7, 11) is 0. The van der Waals surface area contributed by atoms with E-state index in [2.05, 4.69) is 5.32 Å². The highest BCUT2D eigenvalue weighted by molar-refractivity contribution is 5.79. The van der Waals surface area contributed by atoms with Gasteiger partial charge in [-0.05, 0) is 25.8 Å². The van der Waals surface area contributed by atoms with E-state index in [1.165, 1.54) is 0 Å². The molecule has 5 nitrogen and oxygen atoms in total. The van der Waals surface area contributed by atoms with Crippen LogP contribution in [0.4, 0.5) is 0 Å². The van der Waals surface area contributed by atoms with Gasteiger partial charge in [-0.3, -0.25) is 9.59 Å². The molecule has 0 bridgehead atoms. The van der Waals surface area contributed by atoms with E-state index in [1.54, 1.807) is 12.2 Å². The van der Waals surface area contributed by atoms with Gasteiger partial charge in [0.1, 0.15) is 0 Å². The predicted molar refractivity (Wildman–Crippen MR) is 64.3 cm³/mol. The van der Waals surface area contributed by atoms with Gasteiger partial charge in [-0.1, -0.05) is 19.1 Å². The topological polar surface area (TPSA) is 92.4 Å². The number of carboxylic acids is 1. The minimum Gasteiger partial charge on any atom is -0.481 e. The molecule has 3 unspecified atom stereocenters. The van der Waals surface area contributed by atoms with Crippen LogP contribution in [-0.2, 0) is 9.59 Å². The molecule has 0 aliphatic heterocycles. The van der Waals surface area contributed by atoms with E-state index in [-0.39, 0.29) is 17.9 Å². The molecule has 0 aromatic carbocycles. The van der Waals surface area contributed by atoms with E-state index < -0.39 is 11.9 Å². The maximum atomic E-state index is 11.7. The molecule has 17 heavy (non-hydrogen) atoms. The number of aliphatic carboxylic acids is 1. The summed E-state index contributed by atoms with van der Waals surface area (Å²) in [5, 5.41) is 11.7. The number of amides is 1. The van der Waals surface area contributed by atoms with Crippen molar-refractivity contribution in [3.8, 4) is 0 Å². The second-order valence-electron chi connectivity index (χ2n) is 4.51. The Morgan fingerprint density at radius 2 is 2.24 bits per heavy atom. The van der Waals surface area contributed by atoms with Gasteiger partial charge in [-0.25, -0.2) is 0 Å². The summed E-state index contributed by atoms with van der Waals surface area (Å²) in [6.45, 7) is 2.44. The maximum absolute atomic E-state index is 11.7. The molecule has 0 aromatic heterocycles. The molecule has 96 valence electrons. The monoisotopic (exact) mass is 240 g/mol. The molecular formula is C12H20N2O3. The Balaban J connectivity index is 2.33. The zero-order valence-electron chi connectivity index (χ0n) is 10.1. The van der Waals surface area contributed by atoms with Gasteiger partial charge < -0.3 is 16.2 Å². The first-order valence-corrected chi connectivity index (χ1v) is 5.96. The standard InChI is InChI=1S/C12H20N2O3/c1-8(3-2-6-13)11(15)14-10-5-4-9(7-10)12(16)17/h4-5,8-10H,2-3,6-7,13H2,1H3,(H,14,15)(H,16,17). The third-order valence-corrected chi connectivity index (χ3v) is 3.02. The maximum Gasteiger partial charge on any atom is 0.310 e. The van der Waals surface area contributed by atoms with Crippen molar-refractivity contribution in [2.45, 2.75) is 32.2 Å². The van der Waals surface area contributed by atoms with E-state index in [0.29, 0.717) is 13.0 Å². The van der Waals surface area contributed by atoms with Crippen LogP contribution in [0, 0.1) is 11.8 Å². The largest absolute Gasteiger partial charge is 0.481 e. The lowest BCUT2D eigenvalue weighted by Crippen LogP contribution is -2.37. The number of hydrogen-bond acceptors (Lipinski definition) is 3. The number of carbonyl (C=O) groups excluding carboxylic acids is 1. The minimum atomic E-state index is -0.839. The normalized spacial score (nSPS) is 24.6. The van der Waals surface area contributed by atoms with Crippen molar-refractivity contribution in [2.75, 3.05) is 6.54 Å². The highest BCUT2D eigenvalue weighted by atomic mass is 16.4. The van der Waals surface area contributed by atoms with Gasteiger partial charge in [0.05, 0.1) is 5.92 Å². The van der Waals surface area contributed by atoms with E-state index in [1.807, 2.05) is 6.92 Å². The van der Waals surface area contributed by atoms with Crippen LogP contribution >= 0.6 is 0 Å². The van der Waals surface area contributed by atoms with Crippen molar-refractivity contribution in [1.82, 2.24) is 5.32 Å². The number of carbonyl (C=O) groups is 2. The second kappa shape index (κ2) is 6.39. The van der Waals surface area contributed by atoms with E-state index in [0.717, 1.165) is 12.8 Å². The lowest BCUT2D eigenvalue weighted by Gasteiger charge is -2.16. The average Bonchev–Trinajstić information content (AvgIpc) is 2.74. The Morgan fingerprint density at radius 3 is 2.76 bits per heavy atom. The number of nitrogens with two attached hydrogens (primary N) is 1. The quantitative estimate of drug-likeness (QED) is 0.590. The van der Waals surface area contributed by atoms with Crippen LogP contribution in [0.1, 0.15) is 26.2 Å². The fourth-order valence-corrected chi connectivity index (χ4v) is 1.87. The lowest BCUT2D eigenvalue weighted by molar-refractivity contribution is -0.140. The van der Waals surface area contributed by atoms with E-state index in [9.17, 15) is 9.59 Å². The van der Waals surface area contributed by atoms with E-state index in [4.69, 9.17) is 10.8 Å². The molecule has 0 saturated heterocycles. The van der Waals surface area contributed by atoms with Gasteiger partial charge in [0.2, 0.25) is 5.91 Å². The summed E-state index contributed by atoms with van der Waals surface area (Å²) in [5.74, 6) is -1.41. The van der Waals surface area contributed by atoms with Crippen molar-refractivity contribution in [2.24, 2.45) is 17.6 Å². The predicted octanol–water partition coefficient (Wildman–Crippen LogP) is 0.507. The average molecular weight is 240 g/mol. The molecule has 1 aliphatic rings. The van der Waals surface area contributed by atoms with Crippen molar-refractivity contribution in [3.63, 3.8) is 0 Å². The summed E-state index contributed by atoms with van der Waals surface area (Å²) in [6, 6.07) is -0.149. The highest BCUT2D eigenvalue weighted by Gasteiger charge is 2.26. The summed E-state index contributed by atoms with van der Waals surface area (Å²) in [5.41, 5.74) is 5.38. The fourth-order valence-electron chi connectivity index (χ4n) is 1.87. The van der Waals surface area contributed by atoms with Crippen LogP contribution in [0.5, 0.6) is 0 Å². The molecule has 1 rings (SSSR count). The molecule has 4 N–H and O–H groups in total. The van der Waals surface area contributed by atoms with E-state index >= 15 is 0 Å². The smallest absolute Gasteiger partial charge is 0.310 e. The third kappa shape index (κ3) is 4.19. The Bertz CT molecular complexity index is 315. The first-order chi connectivity index (χ1) is 8.04. The van der Waals surface area contributed by atoms with Crippen LogP contribution in [0.15, 0.2) is 12.2 Å². The SMILES string of the molecule is CC(CCCN)C(=O)NC1C=CC(C(=O)O)C1. The molecule has 0 radical (unpaired) electrons. The highest BCUT2D eigenvalue weighted by Crippen LogP contribution is 2.18. The molecular weight excluding hydrogens is 220 g/mol. The van der Waals surface area contributed by atoms with Crippen molar-refractivity contribution in [3.05, 3.63) is 12.2 Å². The van der Waals surface area contributed by atoms with Crippen LogP contribution in [0.3, 0.4) is 0 Å². The Kier molecular flexibility index (Phi) is 5.15. The van der Waals surface area contributed by atoms with Gasteiger partial charge in [0, 0.05) is 12.0 Å². The third-order valence-electron chi connectivity index (χ3n) is 3.02. The molecule has 5 heteroatoms. The summed E-state index contributed by atoms with van der Waals surface area (Å²) in [6.07, 6.45) is 5.43. The Hall–Kier alpha value is -1.36. The second-order valence-corrected chi connectivity index (χ2v) is 4.51. The van der Waals surface area contributed by atoms with Crippen molar-refractivity contribution >= 4 is 11.9 Å².